The Morgan fingerprint density at radius 2 is 2.07 bits per heavy atom. The molecule has 3 aromatic heterocycles. The fourth-order valence-electron chi connectivity index (χ4n) is 3.12. The van der Waals surface area contributed by atoms with Gasteiger partial charge >= 0.3 is 0 Å². The van der Waals surface area contributed by atoms with E-state index in [0.717, 1.165) is 0 Å². The first kappa shape index (κ1) is 19.0. The molecule has 0 aliphatic heterocycles. The molecule has 0 saturated heterocycles. The van der Waals surface area contributed by atoms with Gasteiger partial charge in [0.2, 0.25) is 5.95 Å². The molecule has 30 heavy (non-hydrogen) atoms. The number of carbonyl (C=O) groups excluding carboxylic acids is 1. The number of hydrogen-bond donors (Lipinski definition) is 2. The van der Waals surface area contributed by atoms with Crippen LogP contribution in [0.2, 0.25) is 0 Å². The van der Waals surface area contributed by atoms with Gasteiger partial charge in [-0.3, -0.25) is 29.4 Å². The molecule has 152 valence electrons. The van der Waals surface area contributed by atoms with Gasteiger partial charge in [-0.2, -0.15) is 19.9 Å². The lowest BCUT2D eigenvalue weighted by atomic mass is 10.1. The Labute approximate surface area is 168 Å². The molecule has 0 fully saturated rings. The topological polar surface area (TPSA) is 154 Å². The van der Waals surface area contributed by atoms with Crippen LogP contribution in [0.4, 0.5) is 11.5 Å². The van der Waals surface area contributed by atoms with Gasteiger partial charge in [-0.15, -0.1) is 0 Å². The Kier molecular flexibility index (Phi) is 4.38. The van der Waals surface area contributed by atoms with Crippen LogP contribution in [0.15, 0.2) is 35.3 Å². The van der Waals surface area contributed by atoms with Crippen LogP contribution in [-0.4, -0.2) is 40.4 Å². The molecule has 0 spiro atoms. The van der Waals surface area contributed by atoms with Gasteiger partial charge in [-0.25, -0.2) is 0 Å². The Bertz CT molecular complexity index is 1380. The number of nitrogens with zero attached hydrogens (tertiary/aromatic N) is 6. The summed E-state index contributed by atoms with van der Waals surface area (Å²) < 4.78 is 2.74. The summed E-state index contributed by atoms with van der Waals surface area (Å²) in [4.78, 5) is 42.8. The van der Waals surface area contributed by atoms with Gasteiger partial charge in [0.1, 0.15) is 11.2 Å². The zero-order valence-corrected chi connectivity index (χ0v) is 16.2. The minimum absolute atomic E-state index is 0.0928. The summed E-state index contributed by atoms with van der Waals surface area (Å²) in [7, 11) is 1.65. The van der Waals surface area contributed by atoms with Crippen LogP contribution in [0.1, 0.15) is 21.6 Å². The molecule has 0 atom stereocenters. The number of fused-ring (bicyclic) bond motifs is 1. The first-order valence-corrected chi connectivity index (χ1v) is 8.80. The number of carbonyl (C=O) groups is 1. The third-order valence-corrected chi connectivity index (χ3v) is 4.61. The van der Waals surface area contributed by atoms with E-state index in [2.05, 4.69) is 25.5 Å². The summed E-state index contributed by atoms with van der Waals surface area (Å²) in [6.07, 6.45) is 1.41. The van der Waals surface area contributed by atoms with Crippen LogP contribution in [0, 0.1) is 24.0 Å². The molecule has 12 heteroatoms. The van der Waals surface area contributed by atoms with E-state index in [1.54, 1.807) is 20.0 Å². The summed E-state index contributed by atoms with van der Waals surface area (Å²) >= 11 is 0. The highest BCUT2D eigenvalue weighted by molar-refractivity contribution is 6.05. The first-order valence-electron chi connectivity index (χ1n) is 8.80. The molecule has 3 heterocycles. The Morgan fingerprint density at radius 3 is 2.80 bits per heavy atom. The van der Waals surface area contributed by atoms with Crippen molar-refractivity contribution in [2.24, 2.45) is 7.05 Å². The number of nitro groups is 1. The summed E-state index contributed by atoms with van der Waals surface area (Å²) in [5, 5.41) is 22.5. The average molecular weight is 408 g/mol. The van der Waals surface area contributed by atoms with Crippen LogP contribution >= 0.6 is 0 Å². The first-order chi connectivity index (χ1) is 14.3. The van der Waals surface area contributed by atoms with Crippen LogP contribution in [-0.2, 0) is 7.05 Å². The molecule has 12 nitrogen and oxygen atoms in total. The number of amides is 1. The zero-order valence-electron chi connectivity index (χ0n) is 16.2. The van der Waals surface area contributed by atoms with E-state index < -0.39 is 16.4 Å². The van der Waals surface area contributed by atoms with Crippen molar-refractivity contribution in [3.8, 4) is 5.95 Å². The molecule has 0 aliphatic rings. The lowest BCUT2D eigenvalue weighted by Crippen LogP contribution is -2.19. The smallest absolute Gasteiger partial charge is 0.273 e. The number of aryl methyl sites for hydroxylation is 2. The normalized spacial score (nSPS) is 11.0. The molecule has 2 N–H and O–H groups in total. The maximum Gasteiger partial charge on any atom is 0.273 e. The summed E-state index contributed by atoms with van der Waals surface area (Å²) in [6.45, 7) is 3.22. The number of anilines is 1. The van der Waals surface area contributed by atoms with Crippen LogP contribution in [0.25, 0.3) is 17.0 Å². The van der Waals surface area contributed by atoms with Gasteiger partial charge in [-0.05, 0) is 19.9 Å². The van der Waals surface area contributed by atoms with Gasteiger partial charge in [0, 0.05) is 30.3 Å². The molecule has 0 saturated carbocycles. The highest BCUT2D eigenvalue weighted by atomic mass is 16.6. The average Bonchev–Trinajstić information content (AvgIpc) is 3.24. The van der Waals surface area contributed by atoms with Crippen molar-refractivity contribution >= 4 is 28.4 Å². The number of hydrogen-bond acceptors (Lipinski definition) is 7. The van der Waals surface area contributed by atoms with Crippen LogP contribution < -0.4 is 10.9 Å². The van der Waals surface area contributed by atoms with Gasteiger partial charge in [-0.1, -0.05) is 6.07 Å². The molecule has 0 bridgehead atoms. The van der Waals surface area contributed by atoms with Gasteiger partial charge < -0.3 is 5.32 Å². The second kappa shape index (κ2) is 6.92. The molecule has 0 radical (unpaired) electrons. The van der Waals surface area contributed by atoms with E-state index in [4.69, 9.17) is 0 Å². The fraction of sp³-hybridized carbons (Fsp3) is 0.167. The quantitative estimate of drug-likeness (QED) is 0.384. The molecular weight excluding hydrogens is 392 g/mol. The second-order valence-corrected chi connectivity index (χ2v) is 6.64. The van der Waals surface area contributed by atoms with Gasteiger partial charge in [0.05, 0.1) is 16.8 Å². The summed E-state index contributed by atoms with van der Waals surface area (Å²) in [5.74, 6) is -0.218. The van der Waals surface area contributed by atoms with Crippen LogP contribution in [0.5, 0.6) is 0 Å². The maximum absolute atomic E-state index is 12.8. The number of benzene rings is 1. The second-order valence-electron chi connectivity index (χ2n) is 6.64. The lowest BCUT2D eigenvalue weighted by molar-refractivity contribution is -0.385. The van der Waals surface area contributed by atoms with Crippen molar-refractivity contribution in [3.63, 3.8) is 0 Å². The lowest BCUT2D eigenvalue weighted by Gasteiger charge is -2.10. The van der Waals surface area contributed by atoms with Crippen molar-refractivity contribution in [1.29, 1.82) is 0 Å². The molecule has 0 aliphatic carbocycles. The van der Waals surface area contributed by atoms with Gasteiger partial charge in [0.15, 0.2) is 5.65 Å². The molecule has 4 rings (SSSR count). The van der Waals surface area contributed by atoms with E-state index >= 15 is 0 Å². The Hall–Kier alpha value is -4.35. The van der Waals surface area contributed by atoms with Gasteiger partial charge in [0.25, 0.3) is 17.2 Å². The minimum atomic E-state index is -0.554. The third kappa shape index (κ3) is 3.09. The number of H-pyrrole nitrogens is 1. The molecule has 1 amide bonds. The van der Waals surface area contributed by atoms with Crippen molar-refractivity contribution in [2.75, 3.05) is 5.32 Å². The van der Waals surface area contributed by atoms with E-state index in [1.165, 1.54) is 40.7 Å². The Balaban J connectivity index is 1.76. The number of rotatable bonds is 4. The molecule has 0 unspecified atom stereocenters. The SMILES string of the molecule is Cc1cc(NC(=O)c2cccc([N+](=O)[O-])c2C)n(-c2nc3c(cnn3C)c(=O)[nH]2)n1. The highest BCUT2D eigenvalue weighted by Gasteiger charge is 2.20. The van der Waals surface area contributed by atoms with Crippen molar-refractivity contribution < 1.29 is 9.72 Å². The number of nitrogens with one attached hydrogen (secondary N) is 2. The zero-order chi connectivity index (χ0) is 21.6. The largest absolute Gasteiger partial charge is 0.306 e. The number of nitro benzene ring substituents is 1. The van der Waals surface area contributed by atoms with Crippen molar-refractivity contribution in [3.05, 3.63) is 67.8 Å². The molecule has 1 aromatic carbocycles. The van der Waals surface area contributed by atoms with Crippen LogP contribution in [0.3, 0.4) is 0 Å². The molecule has 4 aromatic rings. The van der Waals surface area contributed by atoms with E-state index in [9.17, 15) is 19.7 Å². The Morgan fingerprint density at radius 1 is 1.30 bits per heavy atom. The standard InChI is InChI=1S/C18H16N8O4/c1-9-7-14(20-16(27)11-5-4-6-13(10(11)2)26(29)30)25(23-9)18-21-15-12(17(28)22-18)8-19-24(15)3/h4-8H,1-3H3,(H,20,27)(H,21,22,28). The minimum Gasteiger partial charge on any atom is -0.306 e. The van der Waals surface area contributed by atoms with E-state index in [1.807, 2.05) is 0 Å². The van der Waals surface area contributed by atoms with Crippen molar-refractivity contribution in [1.82, 2.24) is 29.5 Å². The maximum atomic E-state index is 12.8. The predicted molar refractivity (Wildman–Crippen MR) is 107 cm³/mol. The fourth-order valence-corrected chi connectivity index (χ4v) is 3.12. The highest BCUT2D eigenvalue weighted by Crippen LogP contribution is 2.23. The third-order valence-electron chi connectivity index (χ3n) is 4.61. The number of aromatic amines is 1. The van der Waals surface area contributed by atoms with E-state index in [-0.39, 0.29) is 28.6 Å². The number of aromatic nitrogens is 6. The van der Waals surface area contributed by atoms with Crippen molar-refractivity contribution in [2.45, 2.75) is 13.8 Å². The molecular formula is C18H16N8O4. The summed E-state index contributed by atoms with van der Waals surface area (Å²) in [6, 6.07) is 5.86. The monoisotopic (exact) mass is 408 g/mol. The summed E-state index contributed by atoms with van der Waals surface area (Å²) in [5.41, 5.74) is 0.759. The predicted octanol–water partition coefficient (Wildman–Crippen LogP) is 1.62. The van der Waals surface area contributed by atoms with E-state index in [0.29, 0.717) is 16.7 Å².